The first-order valence-electron chi connectivity index (χ1n) is 7.41. The zero-order valence-corrected chi connectivity index (χ0v) is 13.6. The Hall–Kier alpha value is -0.960. The summed E-state index contributed by atoms with van der Waals surface area (Å²) in [5, 5.41) is 0.127. The van der Waals surface area contributed by atoms with Crippen LogP contribution in [0.1, 0.15) is 19.8 Å². The predicted octanol–water partition coefficient (Wildman–Crippen LogP) is -0.146. The molecule has 0 saturated carbocycles. The maximum atomic E-state index is 12.5. The minimum absolute atomic E-state index is 0.127. The number of aryl methyl sites for hydroxylation is 1. The van der Waals surface area contributed by atoms with E-state index in [1.807, 2.05) is 0 Å². The zero-order valence-electron chi connectivity index (χ0n) is 12.8. The highest BCUT2D eigenvalue weighted by atomic mass is 32.2. The smallest absolute Gasteiger partial charge is 0.262 e. The molecule has 0 amide bonds. The molecule has 1 atom stereocenters. The number of sulfonamides is 1. The molecule has 1 aromatic rings. The van der Waals surface area contributed by atoms with Gasteiger partial charge in [-0.25, -0.2) is 13.4 Å². The van der Waals surface area contributed by atoms with Gasteiger partial charge in [0.25, 0.3) is 10.0 Å². The van der Waals surface area contributed by atoms with E-state index in [2.05, 4.69) is 16.8 Å². The van der Waals surface area contributed by atoms with Crippen LogP contribution in [0.15, 0.2) is 17.6 Å². The van der Waals surface area contributed by atoms with Crippen LogP contribution in [-0.2, 0) is 17.1 Å². The molecule has 1 saturated heterocycles. The SMILES string of the molecule is CCCC(CN)N1CCN(S(=O)(=O)c2cn(C)cn2)CC1. The Bertz CT molecular complexity index is 549. The molecule has 0 bridgehead atoms. The summed E-state index contributed by atoms with van der Waals surface area (Å²) in [5.74, 6) is 0. The molecule has 0 spiro atoms. The van der Waals surface area contributed by atoms with Crippen molar-refractivity contribution in [2.24, 2.45) is 12.8 Å². The topological polar surface area (TPSA) is 84.5 Å². The first-order valence-corrected chi connectivity index (χ1v) is 8.85. The fourth-order valence-corrected chi connectivity index (χ4v) is 4.13. The highest BCUT2D eigenvalue weighted by Crippen LogP contribution is 2.17. The van der Waals surface area contributed by atoms with E-state index < -0.39 is 10.0 Å². The van der Waals surface area contributed by atoms with E-state index >= 15 is 0 Å². The zero-order chi connectivity index (χ0) is 15.5. The molecule has 1 aromatic heterocycles. The first-order chi connectivity index (χ1) is 9.98. The van der Waals surface area contributed by atoms with Crippen LogP contribution in [-0.4, -0.2) is 65.9 Å². The summed E-state index contributed by atoms with van der Waals surface area (Å²) in [6.45, 7) is 5.23. The molecule has 0 aromatic carbocycles. The Labute approximate surface area is 126 Å². The van der Waals surface area contributed by atoms with Gasteiger partial charge in [-0.05, 0) is 6.42 Å². The maximum Gasteiger partial charge on any atom is 0.262 e. The largest absolute Gasteiger partial charge is 0.339 e. The van der Waals surface area contributed by atoms with Crippen LogP contribution in [0.3, 0.4) is 0 Å². The molecule has 2 N–H and O–H groups in total. The monoisotopic (exact) mass is 315 g/mol. The molecule has 7 nitrogen and oxygen atoms in total. The van der Waals surface area contributed by atoms with E-state index in [0.717, 1.165) is 25.9 Å². The molecule has 21 heavy (non-hydrogen) atoms. The molecule has 1 unspecified atom stereocenters. The van der Waals surface area contributed by atoms with Crippen molar-refractivity contribution in [3.63, 3.8) is 0 Å². The van der Waals surface area contributed by atoms with Gasteiger partial charge in [-0.1, -0.05) is 13.3 Å². The van der Waals surface area contributed by atoms with Crippen LogP contribution in [0.25, 0.3) is 0 Å². The molecule has 0 aliphatic carbocycles. The maximum absolute atomic E-state index is 12.5. The van der Waals surface area contributed by atoms with Crippen LogP contribution in [0.4, 0.5) is 0 Å². The third-order valence-electron chi connectivity index (χ3n) is 3.97. The summed E-state index contributed by atoms with van der Waals surface area (Å²) < 4.78 is 28.1. The number of nitrogens with zero attached hydrogens (tertiary/aromatic N) is 4. The lowest BCUT2D eigenvalue weighted by atomic mass is 10.1. The summed E-state index contributed by atoms with van der Waals surface area (Å²) in [5.41, 5.74) is 5.82. The number of nitrogens with two attached hydrogens (primary N) is 1. The van der Waals surface area contributed by atoms with Gasteiger partial charge in [0.1, 0.15) is 0 Å². The Morgan fingerprint density at radius 3 is 2.48 bits per heavy atom. The third kappa shape index (κ3) is 3.63. The summed E-state index contributed by atoms with van der Waals surface area (Å²) in [7, 11) is -1.70. The molecule has 0 radical (unpaired) electrons. The van der Waals surface area contributed by atoms with Crippen molar-refractivity contribution >= 4 is 10.0 Å². The molecule has 8 heteroatoms. The van der Waals surface area contributed by atoms with Crippen molar-refractivity contribution in [2.45, 2.75) is 30.8 Å². The van der Waals surface area contributed by atoms with Gasteiger partial charge in [-0.2, -0.15) is 4.31 Å². The molecule has 1 fully saturated rings. The quantitative estimate of drug-likeness (QED) is 0.789. The summed E-state index contributed by atoms with van der Waals surface area (Å²) >= 11 is 0. The van der Waals surface area contributed by atoms with Gasteiger partial charge in [0.15, 0.2) is 5.03 Å². The van der Waals surface area contributed by atoms with Crippen molar-refractivity contribution < 1.29 is 8.42 Å². The molecule has 1 aliphatic rings. The highest BCUT2D eigenvalue weighted by Gasteiger charge is 2.31. The lowest BCUT2D eigenvalue weighted by Gasteiger charge is -2.38. The summed E-state index contributed by atoms with van der Waals surface area (Å²) in [6.07, 6.45) is 5.20. The van der Waals surface area contributed by atoms with Gasteiger partial charge in [-0.3, -0.25) is 4.90 Å². The normalized spacial score (nSPS) is 19.8. The van der Waals surface area contributed by atoms with Crippen molar-refractivity contribution in [3.8, 4) is 0 Å². The third-order valence-corrected chi connectivity index (χ3v) is 5.75. The Morgan fingerprint density at radius 1 is 1.33 bits per heavy atom. The Morgan fingerprint density at radius 2 is 2.00 bits per heavy atom. The van der Waals surface area contributed by atoms with E-state index in [0.29, 0.717) is 25.7 Å². The average Bonchev–Trinajstić information content (AvgIpc) is 2.92. The number of hydrogen-bond donors (Lipinski definition) is 1. The van der Waals surface area contributed by atoms with Crippen LogP contribution in [0, 0.1) is 0 Å². The van der Waals surface area contributed by atoms with Crippen LogP contribution < -0.4 is 5.73 Å². The first kappa shape index (κ1) is 16.4. The van der Waals surface area contributed by atoms with E-state index in [4.69, 9.17) is 5.73 Å². The van der Waals surface area contributed by atoms with Crippen molar-refractivity contribution in [1.29, 1.82) is 0 Å². The predicted molar refractivity (Wildman–Crippen MR) is 81.3 cm³/mol. The van der Waals surface area contributed by atoms with Crippen molar-refractivity contribution in [2.75, 3.05) is 32.7 Å². The van der Waals surface area contributed by atoms with E-state index in [-0.39, 0.29) is 5.03 Å². The minimum Gasteiger partial charge on any atom is -0.339 e. The fraction of sp³-hybridized carbons (Fsp3) is 0.769. The van der Waals surface area contributed by atoms with E-state index in [9.17, 15) is 8.42 Å². The second-order valence-corrected chi connectivity index (χ2v) is 7.38. The number of aromatic nitrogens is 2. The molecule has 2 rings (SSSR count). The Balaban J connectivity index is 2.00. The standard InChI is InChI=1S/C13H25N5O2S/c1-3-4-12(9-14)17-5-7-18(8-6-17)21(19,20)13-10-16(2)11-15-13/h10-12H,3-9,14H2,1-2H3. The summed E-state index contributed by atoms with van der Waals surface area (Å²) in [4.78, 5) is 6.26. The molecule has 1 aliphatic heterocycles. The molecular formula is C13H25N5O2S. The lowest BCUT2D eigenvalue weighted by Crippen LogP contribution is -2.53. The number of imidazole rings is 1. The second kappa shape index (κ2) is 6.87. The average molecular weight is 315 g/mol. The van der Waals surface area contributed by atoms with Crippen LogP contribution in [0.5, 0.6) is 0 Å². The lowest BCUT2D eigenvalue weighted by molar-refractivity contribution is 0.133. The minimum atomic E-state index is -3.47. The number of rotatable bonds is 6. The van der Waals surface area contributed by atoms with Crippen LogP contribution >= 0.6 is 0 Å². The van der Waals surface area contributed by atoms with Crippen molar-refractivity contribution in [1.82, 2.24) is 18.8 Å². The molecule has 120 valence electrons. The second-order valence-electron chi connectivity index (χ2n) is 5.50. The van der Waals surface area contributed by atoms with Gasteiger partial charge in [0.05, 0.1) is 6.33 Å². The Kier molecular flexibility index (Phi) is 5.37. The molecular weight excluding hydrogens is 290 g/mol. The van der Waals surface area contributed by atoms with Gasteiger partial charge in [-0.15, -0.1) is 0 Å². The van der Waals surface area contributed by atoms with E-state index in [1.54, 1.807) is 17.8 Å². The van der Waals surface area contributed by atoms with Gasteiger partial charge in [0.2, 0.25) is 0 Å². The van der Waals surface area contributed by atoms with Gasteiger partial charge < -0.3 is 10.3 Å². The fourth-order valence-electron chi connectivity index (χ4n) is 2.75. The van der Waals surface area contributed by atoms with Gasteiger partial charge >= 0.3 is 0 Å². The number of hydrogen-bond acceptors (Lipinski definition) is 5. The molecule has 2 heterocycles. The summed E-state index contributed by atoms with van der Waals surface area (Å²) in [6, 6.07) is 0.356. The van der Waals surface area contributed by atoms with Gasteiger partial charge in [0, 0.05) is 52.0 Å². The number of piperazine rings is 1. The van der Waals surface area contributed by atoms with Crippen LogP contribution in [0.2, 0.25) is 0 Å². The highest BCUT2D eigenvalue weighted by molar-refractivity contribution is 7.89. The van der Waals surface area contributed by atoms with E-state index in [1.165, 1.54) is 10.6 Å². The van der Waals surface area contributed by atoms with Crippen molar-refractivity contribution in [3.05, 3.63) is 12.5 Å².